The number of aromatic nitrogens is 3. The summed E-state index contributed by atoms with van der Waals surface area (Å²) in [6, 6.07) is 9.09. The molecule has 1 saturated heterocycles. The van der Waals surface area contributed by atoms with Crippen molar-refractivity contribution in [3.05, 3.63) is 47.9 Å². The van der Waals surface area contributed by atoms with Gasteiger partial charge in [0.15, 0.2) is 0 Å². The summed E-state index contributed by atoms with van der Waals surface area (Å²) in [5.74, 6) is 0.546. The highest BCUT2D eigenvalue weighted by atomic mass is 16.5. The van der Waals surface area contributed by atoms with Gasteiger partial charge >= 0.3 is 5.97 Å². The van der Waals surface area contributed by atoms with Gasteiger partial charge in [0, 0.05) is 56.0 Å². The van der Waals surface area contributed by atoms with Crippen molar-refractivity contribution < 1.29 is 9.53 Å². The van der Waals surface area contributed by atoms with Gasteiger partial charge in [-0.3, -0.25) is 4.98 Å². The van der Waals surface area contributed by atoms with Gasteiger partial charge in [-0.2, -0.15) is 5.26 Å². The SMILES string of the molecule is CNC1CC(n2cc(C#N)c3ccc(N4CCN(c5cncc(C(=O)OC)c5)CC4)nc32)C1. The molecule has 9 nitrogen and oxygen atoms in total. The third kappa shape index (κ3) is 3.87. The summed E-state index contributed by atoms with van der Waals surface area (Å²) in [5, 5.41) is 13.8. The van der Waals surface area contributed by atoms with Crippen molar-refractivity contribution in [1.29, 1.82) is 5.26 Å². The lowest BCUT2D eigenvalue weighted by Crippen LogP contribution is -2.47. The molecule has 9 heteroatoms. The lowest BCUT2D eigenvalue weighted by atomic mass is 9.87. The molecule has 0 amide bonds. The van der Waals surface area contributed by atoms with Crippen molar-refractivity contribution in [2.24, 2.45) is 0 Å². The Bertz CT molecular complexity index is 1220. The molecule has 2 aliphatic rings. The van der Waals surface area contributed by atoms with E-state index in [1.807, 2.05) is 31.4 Å². The summed E-state index contributed by atoms with van der Waals surface area (Å²) in [6.07, 6.45) is 7.36. The Morgan fingerprint density at radius 3 is 2.64 bits per heavy atom. The molecule has 3 aromatic heterocycles. The van der Waals surface area contributed by atoms with Crippen LogP contribution in [0.3, 0.4) is 0 Å². The quantitative estimate of drug-likeness (QED) is 0.598. The van der Waals surface area contributed by atoms with Crippen LogP contribution in [0.4, 0.5) is 11.5 Å². The maximum atomic E-state index is 11.8. The van der Waals surface area contributed by atoms with Crippen molar-refractivity contribution in [1.82, 2.24) is 19.9 Å². The summed E-state index contributed by atoms with van der Waals surface area (Å²) in [5.41, 5.74) is 2.94. The van der Waals surface area contributed by atoms with Crippen LogP contribution in [0.2, 0.25) is 0 Å². The second kappa shape index (κ2) is 8.71. The normalized spacial score (nSPS) is 20.4. The predicted molar refractivity (Wildman–Crippen MR) is 126 cm³/mol. The molecule has 33 heavy (non-hydrogen) atoms. The van der Waals surface area contributed by atoms with Crippen LogP contribution >= 0.6 is 0 Å². The average Bonchev–Trinajstić information content (AvgIpc) is 3.21. The van der Waals surface area contributed by atoms with Gasteiger partial charge in [0.25, 0.3) is 0 Å². The van der Waals surface area contributed by atoms with Crippen molar-refractivity contribution >= 4 is 28.5 Å². The second-order valence-electron chi connectivity index (χ2n) is 8.61. The van der Waals surface area contributed by atoms with Gasteiger partial charge < -0.3 is 24.4 Å². The Hall–Kier alpha value is -3.64. The van der Waals surface area contributed by atoms with Crippen LogP contribution < -0.4 is 15.1 Å². The number of rotatable bonds is 5. The van der Waals surface area contributed by atoms with Crippen LogP contribution in [-0.2, 0) is 4.74 Å². The number of esters is 1. The fourth-order valence-electron chi connectivity index (χ4n) is 4.73. The first kappa shape index (κ1) is 21.2. The van der Waals surface area contributed by atoms with E-state index in [0.717, 1.165) is 61.6 Å². The van der Waals surface area contributed by atoms with E-state index in [9.17, 15) is 10.1 Å². The maximum absolute atomic E-state index is 11.8. The summed E-state index contributed by atoms with van der Waals surface area (Å²) in [7, 11) is 3.37. The van der Waals surface area contributed by atoms with Gasteiger partial charge in [-0.1, -0.05) is 0 Å². The molecule has 170 valence electrons. The van der Waals surface area contributed by atoms with Crippen LogP contribution in [0.1, 0.15) is 34.8 Å². The number of methoxy groups -OCH3 is 1. The van der Waals surface area contributed by atoms with Crippen LogP contribution in [0.25, 0.3) is 11.0 Å². The molecule has 1 aliphatic heterocycles. The van der Waals surface area contributed by atoms with Crippen LogP contribution in [0.15, 0.2) is 36.8 Å². The third-order valence-corrected chi connectivity index (χ3v) is 6.81. The fraction of sp³-hybridized carbons (Fsp3) is 0.417. The van der Waals surface area contributed by atoms with Gasteiger partial charge in [-0.05, 0) is 38.1 Å². The lowest BCUT2D eigenvalue weighted by Gasteiger charge is -2.37. The molecule has 5 rings (SSSR count). The van der Waals surface area contributed by atoms with E-state index >= 15 is 0 Å². The number of nitrogens with one attached hydrogen (secondary N) is 1. The molecule has 1 N–H and O–H groups in total. The molecule has 2 fully saturated rings. The Balaban J connectivity index is 1.34. The highest BCUT2D eigenvalue weighted by Gasteiger charge is 2.31. The molecule has 4 heterocycles. The van der Waals surface area contributed by atoms with Crippen molar-refractivity contribution in [2.45, 2.75) is 24.9 Å². The van der Waals surface area contributed by atoms with Crippen LogP contribution in [-0.4, -0.2) is 66.9 Å². The molecular formula is C24H27N7O2. The van der Waals surface area contributed by atoms with Crippen molar-refractivity contribution in [3.8, 4) is 6.07 Å². The summed E-state index contributed by atoms with van der Waals surface area (Å²) >= 11 is 0. The maximum Gasteiger partial charge on any atom is 0.339 e. The van der Waals surface area contributed by atoms with E-state index in [1.165, 1.54) is 13.3 Å². The number of carbonyl (C=O) groups excluding carboxylic acids is 1. The molecule has 0 unspecified atom stereocenters. The molecule has 0 bridgehead atoms. The smallest absolute Gasteiger partial charge is 0.339 e. The minimum atomic E-state index is -0.382. The van der Waals surface area contributed by atoms with Crippen molar-refractivity contribution in [3.63, 3.8) is 0 Å². The fourth-order valence-corrected chi connectivity index (χ4v) is 4.73. The molecule has 0 aromatic carbocycles. The van der Waals surface area contributed by atoms with Crippen molar-refractivity contribution in [2.75, 3.05) is 50.1 Å². The van der Waals surface area contributed by atoms with E-state index in [4.69, 9.17) is 9.72 Å². The monoisotopic (exact) mass is 445 g/mol. The topological polar surface area (TPSA) is 99.3 Å². The van der Waals surface area contributed by atoms with Crippen LogP contribution in [0, 0.1) is 11.3 Å². The number of pyridine rings is 2. The molecule has 3 aromatic rings. The summed E-state index contributed by atoms with van der Waals surface area (Å²) in [4.78, 5) is 25.5. The number of nitrogens with zero attached hydrogens (tertiary/aromatic N) is 6. The summed E-state index contributed by atoms with van der Waals surface area (Å²) < 4.78 is 7.00. The standard InChI is InChI=1S/C24H27N7O2/c1-26-18-10-19(11-18)31-15-17(12-25)21-3-4-22(28-23(21)31)30-7-5-29(6-8-30)20-9-16(13-27-14-20)24(32)33-2/h3-4,9,13-15,18-19,26H,5-8,10-11H2,1-2H3. The Kier molecular flexibility index (Phi) is 5.60. The van der Waals surface area contributed by atoms with E-state index in [-0.39, 0.29) is 5.97 Å². The van der Waals surface area contributed by atoms with Gasteiger partial charge in [0.05, 0.1) is 30.1 Å². The van der Waals surface area contributed by atoms with E-state index in [1.54, 1.807) is 6.20 Å². The number of hydrogen-bond acceptors (Lipinski definition) is 8. The molecule has 0 atom stereocenters. The lowest BCUT2D eigenvalue weighted by molar-refractivity contribution is 0.0600. The Morgan fingerprint density at radius 2 is 1.94 bits per heavy atom. The minimum absolute atomic E-state index is 0.376. The highest BCUT2D eigenvalue weighted by Crippen LogP contribution is 2.36. The van der Waals surface area contributed by atoms with Gasteiger partial charge in [0.2, 0.25) is 0 Å². The number of hydrogen-bond donors (Lipinski definition) is 1. The first-order chi connectivity index (χ1) is 16.1. The highest BCUT2D eigenvalue weighted by molar-refractivity contribution is 5.90. The molecule has 1 aliphatic carbocycles. The zero-order valence-electron chi connectivity index (χ0n) is 18.9. The molecule has 0 spiro atoms. The number of anilines is 2. The Morgan fingerprint density at radius 1 is 1.18 bits per heavy atom. The van der Waals surface area contributed by atoms with E-state index < -0.39 is 0 Å². The zero-order chi connectivity index (χ0) is 22.9. The van der Waals surface area contributed by atoms with Crippen LogP contribution in [0.5, 0.6) is 0 Å². The predicted octanol–water partition coefficient (Wildman–Crippen LogP) is 2.34. The second-order valence-corrected chi connectivity index (χ2v) is 8.61. The molecule has 0 radical (unpaired) electrons. The largest absolute Gasteiger partial charge is 0.465 e. The first-order valence-electron chi connectivity index (χ1n) is 11.2. The number of carbonyl (C=O) groups is 1. The minimum Gasteiger partial charge on any atom is -0.465 e. The Labute approximate surface area is 192 Å². The number of fused-ring (bicyclic) bond motifs is 1. The number of ether oxygens (including phenoxy) is 1. The zero-order valence-corrected chi connectivity index (χ0v) is 18.9. The summed E-state index contributed by atoms with van der Waals surface area (Å²) in [6.45, 7) is 3.20. The van der Waals surface area contributed by atoms with E-state index in [2.05, 4.69) is 30.7 Å². The molecule has 1 saturated carbocycles. The number of nitriles is 1. The van der Waals surface area contributed by atoms with Gasteiger partial charge in [-0.25, -0.2) is 9.78 Å². The number of piperazine rings is 1. The molecular weight excluding hydrogens is 418 g/mol. The van der Waals surface area contributed by atoms with Gasteiger partial charge in [0.1, 0.15) is 17.5 Å². The first-order valence-corrected chi connectivity index (χ1v) is 11.2. The van der Waals surface area contributed by atoms with Gasteiger partial charge in [-0.15, -0.1) is 0 Å². The average molecular weight is 446 g/mol. The third-order valence-electron chi connectivity index (χ3n) is 6.81. The van der Waals surface area contributed by atoms with E-state index in [0.29, 0.717) is 23.2 Å².